The monoisotopic (exact) mass is 832 g/mol. The first-order valence-electron chi connectivity index (χ1n) is 16.3. The van der Waals surface area contributed by atoms with Crippen molar-refractivity contribution >= 4 is 112 Å². The number of thiazole rings is 2. The minimum atomic E-state index is -2.92. The molecule has 2 heterocycles. The molecule has 0 radical (unpaired) electrons. The Hall–Kier alpha value is 0.164. The quantitative estimate of drug-likeness (QED) is 0.0611. The Kier molecular flexibility index (Phi) is 14.3. The zero-order chi connectivity index (χ0) is 34.4. The molecule has 2 aliphatic carbocycles. The number of fused-ring (bicyclic) bond motifs is 2. The number of hydrogen-bond acceptors (Lipinski definition) is 15. The fraction of sp³-hybridized carbons (Fsp3) is 0.562. The largest absolute Gasteiger partial charge is 0.504 e. The molecule has 0 N–H and O–H groups in total. The standard InChI is InChI=1S/C32H44N2O6S7Si2/c1-35-48(36-2,37-3)27-19-11-17-25(29(27)31-33-21-13-7-9-15-23(21)41-31)43-45-47-46-44-26-18-12-20-28(49(38-4,39-5)40-6)30(26)32-34-22-14-8-10-16-24(22)42-32/h7-10,13-16,25-30H,11-12,17-20H2,1-6H3. The van der Waals surface area contributed by atoms with Gasteiger partial charge in [-0.05, 0) is 79.4 Å². The first-order chi connectivity index (χ1) is 24.0. The molecule has 2 fully saturated rings. The van der Waals surface area contributed by atoms with Crippen molar-refractivity contribution in [2.45, 2.75) is 71.9 Å². The molecule has 4 aromatic rings. The summed E-state index contributed by atoms with van der Waals surface area (Å²) in [6.07, 6.45) is 6.48. The number of aromatic nitrogens is 2. The third-order valence-electron chi connectivity index (χ3n) is 9.86. The van der Waals surface area contributed by atoms with Crippen LogP contribution in [-0.2, 0) is 26.6 Å². The van der Waals surface area contributed by atoms with E-state index < -0.39 is 17.6 Å². The predicted molar refractivity (Wildman–Crippen MR) is 219 cm³/mol. The molecule has 2 aliphatic rings. The van der Waals surface area contributed by atoms with Crippen LogP contribution in [0.5, 0.6) is 0 Å². The molecule has 0 amide bonds. The Bertz CT molecular complexity index is 1440. The number of hydrogen-bond donors (Lipinski definition) is 0. The van der Waals surface area contributed by atoms with E-state index in [0.717, 1.165) is 59.6 Å². The maximum absolute atomic E-state index is 6.10. The Labute approximate surface area is 319 Å². The summed E-state index contributed by atoms with van der Waals surface area (Å²) in [6, 6.07) is 16.9. The maximum atomic E-state index is 6.10. The maximum Gasteiger partial charge on any atom is 0.504 e. The molecular weight excluding hydrogens is 789 g/mol. The van der Waals surface area contributed by atoms with Gasteiger partial charge in [0.2, 0.25) is 0 Å². The van der Waals surface area contributed by atoms with Crippen LogP contribution in [0.25, 0.3) is 20.4 Å². The predicted octanol–water partition coefficient (Wildman–Crippen LogP) is 10.7. The summed E-state index contributed by atoms with van der Waals surface area (Å²) in [7, 11) is 14.1. The normalized spacial score (nSPS) is 25.3. The molecule has 8 nitrogen and oxygen atoms in total. The van der Waals surface area contributed by atoms with Gasteiger partial charge in [0.1, 0.15) is 0 Å². The Balaban J connectivity index is 1.17. The fourth-order valence-electron chi connectivity index (χ4n) is 7.60. The van der Waals surface area contributed by atoms with Gasteiger partial charge in [-0.1, -0.05) is 58.7 Å². The average Bonchev–Trinajstić information content (AvgIpc) is 3.78. The van der Waals surface area contributed by atoms with Gasteiger partial charge in [-0.2, -0.15) is 0 Å². The third-order valence-corrected chi connectivity index (χ3v) is 28.2. The Morgan fingerprint density at radius 3 is 1.31 bits per heavy atom. The topological polar surface area (TPSA) is 81.2 Å². The second-order valence-electron chi connectivity index (χ2n) is 12.1. The lowest BCUT2D eigenvalue weighted by molar-refractivity contribution is 0.100. The van der Waals surface area contributed by atoms with E-state index >= 15 is 0 Å². The van der Waals surface area contributed by atoms with Gasteiger partial charge in [-0.3, -0.25) is 0 Å². The molecule has 49 heavy (non-hydrogen) atoms. The molecule has 2 aromatic heterocycles. The zero-order valence-corrected chi connectivity index (χ0v) is 36.2. The van der Waals surface area contributed by atoms with E-state index in [1.165, 1.54) is 9.40 Å². The van der Waals surface area contributed by atoms with Crippen molar-refractivity contribution in [3.05, 3.63) is 58.5 Å². The lowest BCUT2D eigenvalue weighted by Gasteiger charge is -2.42. The van der Waals surface area contributed by atoms with E-state index in [2.05, 4.69) is 48.5 Å². The molecule has 6 unspecified atom stereocenters. The third kappa shape index (κ3) is 8.16. The van der Waals surface area contributed by atoms with Gasteiger partial charge >= 0.3 is 17.6 Å². The van der Waals surface area contributed by atoms with Crippen molar-refractivity contribution in [1.29, 1.82) is 0 Å². The molecule has 0 saturated heterocycles. The molecule has 6 atom stereocenters. The highest BCUT2D eigenvalue weighted by Crippen LogP contribution is 2.61. The minimum absolute atomic E-state index is 0.146. The second kappa shape index (κ2) is 18.0. The van der Waals surface area contributed by atoms with E-state index in [0.29, 0.717) is 10.5 Å². The molecule has 0 spiro atoms. The average molecular weight is 833 g/mol. The van der Waals surface area contributed by atoms with Crippen molar-refractivity contribution in [2.75, 3.05) is 42.7 Å². The summed E-state index contributed by atoms with van der Waals surface area (Å²) >= 11 is 3.60. The van der Waals surface area contributed by atoms with Crippen LogP contribution in [0.1, 0.15) is 60.4 Å². The number of para-hydroxylation sites is 2. The van der Waals surface area contributed by atoms with Gasteiger partial charge in [-0.15, -0.1) is 22.7 Å². The number of rotatable bonds is 16. The van der Waals surface area contributed by atoms with E-state index in [1.54, 1.807) is 65.3 Å². The molecule has 0 bridgehead atoms. The highest BCUT2D eigenvalue weighted by molar-refractivity contribution is 9.35. The van der Waals surface area contributed by atoms with Crippen molar-refractivity contribution < 1.29 is 26.6 Å². The van der Waals surface area contributed by atoms with E-state index in [4.69, 9.17) is 36.5 Å². The van der Waals surface area contributed by atoms with Gasteiger partial charge in [0, 0.05) is 76.1 Å². The summed E-state index contributed by atoms with van der Waals surface area (Å²) in [6.45, 7) is 0. The van der Waals surface area contributed by atoms with E-state index in [9.17, 15) is 0 Å². The summed E-state index contributed by atoms with van der Waals surface area (Å²) in [5, 5.41) is 3.04. The second-order valence-corrected chi connectivity index (χ2v) is 28.6. The van der Waals surface area contributed by atoms with E-state index in [1.807, 2.05) is 51.1 Å². The first kappa shape index (κ1) is 38.9. The zero-order valence-electron chi connectivity index (χ0n) is 28.5. The molecule has 17 heteroatoms. The Morgan fingerprint density at radius 1 is 0.551 bits per heavy atom. The van der Waals surface area contributed by atoms with Gasteiger partial charge in [-0.25, -0.2) is 9.97 Å². The van der Waals surface area contributed by atoms with Crippen LogP contribution in [0.3, 0.4) is 0 Å². The first-order valence-corrected chi connectivity index (χ1v) is 27.8. The summed E-state index contributed by atoms with van der Waals surface area (Å²) < 4.78 is 39.0. The number of benzene rings is 2. The summed E-state index contributed by atoms with van der Waals surface area (Å²) in [4.78, 5) is 10.3. The smallest absolute Gasteiger partial charge is 0.377 e. The van der Waals surface area contributed by atoms with Crippen LogP contribution < -0.4 is 0 Å². The highest BCUT2D eigenvalue weighted by Gasteiger charge is 2.56. The molecule has 0 aliphatic heterocycles. The lowest BCUT2D eigenvalue weighted by Crippen LogP contribution is -2.52. The van der Waals surface area contributed by atoms with Gasteiger partial charge < -0.3 is 26.6 Å². The van der Waals surface area contributed by atoms with Crippen LogP contribution in [0, 0.1) is 0 Å². The fourth-order valence-corrected chi connectivity index (χ4v) is 26.9. The van der Waals surface area contributed by atoms with Crippen LogP contribution >= 0.6 is 73.7 Å². The van der Waals surface area contributed by atoms with E-state index in [-0.39, 0.29) is 22.9 Å². The molecular formula is C32H44N2O6S7Si2. The molecule has 2 aromatic carbocycles. The van der Waals surface area contributed by atoms with Crippen LogP contribution in [0.15, 0.2) is 48.5 Å². The summed E-state index contributed by atoms with van der Waals surface area (Å²) in [5.74, 6) is 0.373. The van der Waals surface area contributed by atoms with Crippen LogP contribution in [-0.4, -0.2) is 80.7 Å². The summed E-state index contributed by atoms with van der Waals surface area (Å²) in [5.41, 5.74) is 2.40. The van der Waals surface area contributed by atoms with Crippen LogP contribution in [0.4, 0.5) is 0 Å². The molecule has 268 valence electrons. The number of nitrogens with zero attached hydrogens (tertiary/aromatic N) is 2. The minimum Gasteiger partial charge on any atom is -0.377 e. The molecule has 6 rings (SSSR count). The van der Waals surface area contributed by atoms with Crippen molar-refractivity contribution in [3.63, 3.8) is 0 Å². The highest BCUT2D eigenvalue weighted by atomic mass is 33.8. The lowest BCUT2D eigenvalue weighted by atomic mass is 9.88. The van der Waals surface area contributed by atoms with Gasteiger partial charge in [0.05, 0.1) is 30.4 Å². The van der Waals surface area contributed by atoms with Crippen LogP contribution in [0.2, 0.25) is 11.1 Å². The Morgan fingerprint density at radius 2 is 0.939 bits per heavy atom. The SMILES string of the molecule is CO[Si](OC)(OC)C1CCCC(SSSSSC2CCCC([Si](OC)(OC)OC)C2c2nc3ccccc3s2)C1c1nc2ccccc2s1. The van der Waals surface area contributed by atoms with Crippen molar-refractivity contribution in [2.24, 2.45) is 0 Å². The molecule has 2 saturated carbocycles. The van der Waals surface area contributed by atoms with Gasteiger partial charge in [0.15, 0.2) is 0 Å². The van der Waals surface area contributed by atoms with Crippen molar-refractivity contribution in [1.82, 2.24) is 9.97 Å². The van der Waals surface area contributed by atoms with Crippen molar-refractivity contribution in [3.8, 4) is 0 Å². The van der Waals surface area contributed by atoms with Gasteiger partial charge in [0.25, 0.3) is 0 Å².